The summed E-state index contributed by atoms with van der Waals surface area (Å²) in [6.07, 6.45) is 6.95. The Morgan fingerprint density at radius 3 is 2.62 bits per heavy atom. The summed E-state index contributed by atoms with van der Waals surface area (Å²) < 4.78 is 0. The van der Waals surface area contributed by atoms with Crippen LogP contribution in [0.15, 0.2) is 30.3 Å². The van der Waals surface area contributed by atoms with Crippen molar-refractivity contribution in [3.63, 3.8) is 0 Å². The first-order chi connectivity index (χ1) is 10.3. The van der Waals surface area contributed by atoms with Crippen LogP contribution >= 0.6 is 0 Å². The molecule has 0 bridgehead atoms. The minimum absolute atomic E-state index is 0.0144. The fraction of sp³-hybridized carbons (Fsp3) is 0.611. The Balaban J connectivity index is 1.58. The molecule has 2 fully saturated rings. The minimum atomic E-state index is 0.0144. The van der Waals surface area contributed by atoms with Crippen molar-refractivity contribution in [2.45, 2.75) is 57.7 Å². The lowest BCUT2D eigenvalue weighted by Crippen LogP contribution is -2.38. The van der Waals surface area contributed by atoms with Crippen molar-refractivity contribution in [3.8, 4) is 0 Å². The second-order valence-corrected chi connectivity index (χ2v) is 6.48. The van der Waals surface area contributed by atoms with Crippen molar-refractivity contribution in [3.05, 3.63) is 35.9 Å². The minimum Gasteiger partial charge on any atom is -0.326 e. The van der Waals surface area contributed by atoms with E-state index >= 15 is 0 Å². The molecule has 3 nitrogen and oxygen atoms in total. The van der Waals surface area contributed by atoms with Crippen molar-refractivity contribution in [1.29, 1.82) is 0 Å². The average molecular weight is 286 g/mol. The molecule has 1 aromatic carbocycles. The van der Waals surface area contributed by atoms with E-state index in [4.69, 9.17) is 0 Å². The third kappa shape index (κ3) is 3.65. The molecule has 1 saturated carbocycles. The maximum atomic E-state index is 12.6. The van der Waals surface area contributed by atoms with Crippen LogP contribution in [-0.2, 0) is 11.2 Å². The number of rotatable bonds is 7. The molecule has 0 aromatic heterocycles. The Labute approximate surface area is 127 Å². The highest BCUT2D eigenvalue weighted by molar-refractivity contribution is 5.84. The summed E-state index contributed by atoms with van der Waals surface area (Å²) in [5, 5.41) is 3.57. The smallest absolute Gasteiger partial charge is 0.241 e. The van der Waals surface area contributed by atoms with Crippen molar-refractivity contribution in [2.75, 3.05) is 6.54 Å². The van der Waals surface area contributed by atoms with E-state index in [-0.39, 0.29) is 12.2 Å². The van der Waals surface area contributed by atoms with E-state index < -0.39 is 0 Å². The SMILES string of the molecule is CCCC1NC(CCc2ccccc2)C(=O)N1CC1CC1. The monoisotopic (exact) mass is 286 g/mol. The fourth-order valence-electron chi connectivity index (χ4n) is 3.22. The van der Waals surface area contributed by atoms with Crippen LogP contribution < -0.4 is 5.32 Å². The predicted molar refractivity (Wildman–Crippen MR) is 84.8 cm³/mol. The van der Waals surface area contributed by atoms with Crippen molar-refractivity contribution in [2.24, 2.45) is 5.92 Å². The Morgan fingerprint density at radius 1 is 1.19 bits per heavy atom. The predicted octanol–water partition coefficient (Wildman–Crippen LogP) is 2.96. The summed E-state index contributed by atoms with van der Waals surface area (Å²) in [5.74, 6) is 1.10. The topological polar surface area (TPSA) is 32.3 Å². The van der Waals surface area contributed by atoms with Gasteiger partial charge in [-0.3, -0.25) is 10.1 Å². The molecule has 1 N–H and O–H groups in total. The number of carbonyl (C=O) groups is 1. The Kier molecular flexibility index (Phi) is 4.59. The number of hydrogen-bond acceptors (Lipinski definition) is 2. The lowest BCUT2D eigenvalue weighted by atomic mass is 10.1. The van der Waals surface area contributed by atoms with E-state index in [0.29, 0.717) is 5.91 Å². The van der Waals surface area contributed by atoms with Crippen LogP contribution in [0.25, 0.3) is 0 Å². The molecule has 1 heterocycles. The normalized spacial score (nSPS) is 25.6. The van der Waals surface area contributed by atoms with Crippen LogP contribution in [0.4, 0.5) is 0 Å². The van der Waals surface area contributed by atoms with Crippen LogP contribution in [0.2, 0.25) is 0 Å². The zero-order valence-electron chi connectivity index (χ0n) is 12.9. The molecule has 1 amide bonds. The first-order valence-corrected chi connectivity index (χ1v) is 8.38. The van der Waals surface area contributed by atoms with E-state index in [1.54, 1.807) is 0 Å². The molecule has 1 aliphatic carbocycles. The van der Waals surface area contributed by atoms with Crippen molar-refractivity contribution in [1.82, 2.24) is 10.2 Å². The highest BCUT2D eigenvalue weighted by atomic mass is 16.2. The average Bonchev–Trinajstić information content (AvgIpc) is 3.28. The van der Waals surface area contributed by atoms with Crippen LogP contribution in [0.3, 0.4) is 0 Å². The summed E-state index contributed by atoms with van der Waals surface area (Å²) in [5.41, 5.74) is 1.32. The Hall–Kier alpha value is -1.35. The summed E-state index contributed by atoms with van der Waals surface area (Å²) in [4.78, 5) is 14.8. The summed E-state index contributed by atoms with van der Waals surface area (Å²) in [7, 11) is 0. The molecule has 3 rings (SSSR count). The number of nitrogens with zero attached hydrogens (tertiary/aromatic N) is 1. The van der Waals surface area contributed by atoms with Gasteiger partial charge >= 0.3 is 0 Å². The molecule has 2 atom stereocenters. The number of amides is 1. The van der Waals surface area contributed by atoms with Gasteiger partial charge < -0.3 is 4.90 Å². The van der Waals surface area contributed by atoms with E-state index in [1.165, 1.54) is 18.4 Å². The Bertz CT molecular complexity index is 469. The van der Waals surface area contributed by atoms with Gasteiger partial charge in [0.05, 0.1) is 12.2 Å². The third-order valence-electron chi connectivity index (χ3n) is 4.63. The largest absolute Gasteiger partial charge is 0.326 e. The number of carbonyl (C=O) groups excluding carboxylic acids is 1. The first kappa shape index (κ1) is 14.6. The third-order valence-corrected chi connectivity index (χ3v) is 4.63. The Morgan fingerprint density at radius 2 is 1.95 bits per heavy atom. The molecule has 0 spiro atoms. The van der Waals surface area contributed by atoms with Crippen molar-refractivity contribution >= 4 is 5.91 Å². The maximum Gasteiger partial charge on any atom is 0.241 e. The standard InChI is InChI=1S/C18H26N2O/c1-2-6-17-19-16(12-11-14-7-4-3-5-8-14)18(21)20(17)13-15-9-10-15/h3-5,7-8,15-17,19H,2,6,9-13H2,1H3. The highest BCUT2D eigenvalue weighted by Crippen LogP contribution is 2.32. The second kappa shape index (κ2) is 6.61. The van der Waals surface area contributed by atoms with Crippen molar-refractivity contribution < 1.29 is 4.79 Å². The van der Waals surface area contributed by atoms with Crippen LogP contribution in [0.1, 0.15) is 44.6 Å². The van der Waals surface area contributed by atoms with E-state index in [0.717, 1.165) is 38.1 Å². The van der Waals surface area contributed by atoms with Gasteiger partial charge in [0, 0.05) is 6.54 Å². The molecule has 3 heteroatoms. The molecule has 1 aromatic rings. The lowest BCUT2D eigenvalue weighted by Gasteiger charge is -2.23. The molecule has 21 heavy (non-hydrogen) atoms. The molecule has 2 unspecified atom stereocenters. The summed E-state index contributed by atoms with van der Waals surface area (Å²) in [6, 6.07) is 10.5. The molecule has 1 aliphatic heterocycles. The van der Waals surface area contributed by atoms with Crippen LogP contribution in [-0.4, -0.2) is 29.6 Å². The summed E-state index contributed by atoms with van der Waals surface area (Å²) >= 11 is 0. The quantitative estimate of drug-likeness (QED) is 0.836. The van der Waals surface area contributed by atoms with Crippen LogP contribution in [0, 0.1) is 5.92 Å². The van der Waals surface area contributed by atoms with Gasteiger partial charge in [0.2, 0.25) is 5.91 Å². The lowest BCUT2D eigenvalue weighted by molar-refractivity contribution is -0.130. The van der Waals surface area contributed by atoms with Gasteiger partial charge in [-0.15, -0.1) is 0 Å². The first-order valence-electron chi connectivity index (χ1n) is 8.38. The molecule has 114 valence electrons. The van der Waals surface area contributed by atoms with Gasteiger partial charge in [0.25, 0.3) is 0 Å². The second-order valence-electron chi connectivity index (χ2n) is 6.48. The van der Waals surface area contributed by atoms with Gasteiger partial charge in [-0.2, -0.15) is 0 Å². The van der Waals surface area contributed by atoms with E-state index in [2.05, 4.69) is 41.4 Å². The molecule has 2 aliphatic rings. The van der Waals surface area contributed by atoms with Gasteiger partial charge in [0.1, 0.15) is 0 Å². The number of nitrogens with one attached hydrogen (secondary N) is 1. The van der Waals surface area contributed by atoms with Gasteiger partial charge in [-0.05, 0) is 43.6 Å². The van der Waals surface area contributed by atoms with Gasteiger partial charge in [-0.1, -0.05) is 43.7 Å². The van der Waals surface area contributed by atoms with Crippen LogP contribution in [0.5, 0.6) is 0 Å². The number of aryl methyl sites for hydroxylation is 1. The number of benzene rings is 1. The van der Waals surface area contributed by atoms with Gasteiger partial charge in [0.15, 0.2) is 0 Å². The molecule has 0 radical (unpaired) electrons. The van der Waals surface area contributed by atoms with E-state index in [1.807, 2.05) is 6.07 Å². The maximum absolute atomic E-state index is 12.6. The zero-order chi connectivity index (χ0) is 14.7. The van der Waals surface area contributed by atoms with Gasteiger partial charge in [-0.25, -0.2) is 0 Å². The van der Waals surface area contributed by atoms with E-state index in [9.17, 15) is 4.79 Å². The fourth-order valence-corrected chi connectivity index (χ4v) is 3.22. The molecule has 1 saturated heterocycles. The summed E-state index contributed by atoms with van der Waals surface area (Å²) in [6.45, 7) is 3.16. The molecular weight excluding hydrogens is 260 g/mol. The molecular formula is C18H26N2O. The zero-order valence-corrected chi connectivity index (χ0v) is 12.9. The number of hydrogen-bond donors (Lipinski definition) is 1. The highest BCUT2D eigenvalue weighted by Gasteiger charge is 2.40.